The monoisotopic (exact) mass is 282 g/mol. The Bertz CT molecular complexity index is 874. The summed E-state index contributed by atoms with van der Waals surface area (Å²) in [5, 5.41) is 0. The van der Waals surface area contributed by atoms with E-state index in [9.17, 15) is 4.79 Å². The zero-order chi connectivity index (χ0) is 15.1. The standard InChI is InChI=1S/C17H18N2O2/c1-10-4-6-13(11(2)8-10)16(18)12-5-7-14-15(9-12)21-17(20)19(14)3/h4-9,16H,18H2,1-3H3. The molecule has 0 saturated carbocycles. The molecule has 0 spiro atoms. The SMILES string of the molecule is Cc1ccc(C(N)c2ccc3c(c2)oc(=O)n3C)c(C)c1. The van der Waals surface area contributed by atoms with Crippen molar-refractivity contribution < 1.29 is 4.42 Å². The minimum atomic E-state index is -0.359. The molecule has 3 rings (SSSR count). The van der Waals surface area contributed by atoms with Crippen LogP contribution in [0.1, 0.15) is 28.3 Å². The summed E-state index contributed by atoms with van der Waals surface area (Å²) in [5.41, 5.74) is 12.1. The van der Waals surface area contributed by atoms with E-state index in [1.54, 1.807) is 7.05 Å². The highest BCUT2D eigenvalue weighted by Gasteiger charge is 2.14. The lowest BCUT2D eigenvalue weighted by molar-refractivity contribution is 0.527. The number of rotatable bonds is 2. The molecule has 3 aromatic rings. The van der Waals surface area contributed by atoms with Crippen LogP contribution in [-0.2, 0) is 7.05 Å². The maximum atomic E-state index is 11.5. The number of hydrogen-bond acceptors (Lipinski definition) is 3. The Hall–Kier alpha value is -2.33. The number of hydrogen-bond donors (Lipinski definition) is 1. The van der Waals surface area contributed by atoms with Gasteiger partial charge < -0.3 is 10.2 Å². The third-order valence-electron chi connectivity index (χ3n) is 3.94. The lowest BCUT2D eigenvalue weighted by atomic mass is 9.94. The summed E-state index contributed by atoms with van der Waals surface area (Å²) < 4.78 is 6.71. The van der Waals surface area contributed by atoms with Gasteiger partial charge in [-0.25, -0.2) is 4.79 Å². The van der Waals surface area contributed by atoms with Gasteiger partial charge in [0, 0.05) is 7.05 Å². The Kier molecular flexibility index (Phi) is 3.18. The highest BCUT2D eigenvalue weighted by molar-refractivity contribution is 5.74. The molecule has 1 aromatic heterocycles. The van der Waals surface area contributed by atoms with Crippen molar-refractivity contribution in [1.82, 2.24) is 4.57 Å². The first-order chi connectivity index (χ1) is 9.97. The van der Waals surface area contributed by atoms with Gasteiger partial charge in [0.05, 0.1) is 11.6 Å². The molecule has 108 valence electrons. The first-order valence-electron chi connectivity index (χ1n) is 6.89. The van der Waals surface area contributed by atoms with Crippen LogP contribution in [0.25, 0.3) is 11.1 Å². The minimum absolute atomic E-state index is 0.236. The zero-order valence-electron chi connectivity index (χ0n) is 12.4. The summed E-state index contributed by atoms with van der Waals surface area (Å²) in [6.07, 6.45) is 0. The van der Waals surface area contributed by atoms with Crippen molar-refractivity contribution in [3.05, 3.63) is 69.2 Å². The largest absolute Gasteiger partial charge is 0.419 e. The van der Waals surface area contributed by atoms with Gasteiger partial charge in [-0.2, -0.15) is 0 Å². The molecule has 0 aliphatic carbocycles. The maximum absolute atomic E-state index is 11.5. The Balaban J connectivity index is 2.09. The molecular weight excluding hydrogens is 264 g/mol. The molecule has 2 aromatic carbocycles. The van der Waals surface area contributed by atoms with Gasteiger partial charge in [-0.15, -0.1) is 0 Å². The van der Waals surface area contributed by atoms with Gasteiger partial charge >= 0.3 is 5.76 Å². The quantitative estimate of drug-likeness (QED) is 0.786. The second-order valence-electron chi connectivity index (χ2n) is 5.49. The van der Waals surface area contributed by atoms with Crippen molar-refractivity contribution in [1.29, 1.82) is 0 Å². The second-order valence-corrected chi connectivity index (χ2v) is 5.49. The van der Waals surface area contributed by atoms with Gasteiger partial charge in [-0.3, -0.25) is 4.57 Å². The number of oxazole rings is 1. The molecular formula is C17H18N2O2. The number of nitrogens with two attached hydrogens (primary N) is 1. The summed E-state index contributed by atoms with van der Waals surface area (Å²) in [4.78, 5) is 11.5. The molecule has 4 heteroatoms. The average molecular weight is 282 g/mol. The van der Waals surface area contributed by atoms with Crippen LogP contribution in [-0.4, -0.2) is 4.57 Å². The Morgan fingerprint density at radius 2 is 1.90 bits per heavy atom. The van der Waals surface area contributed by atoms with Gasteiger partial charge in [-0.05, 0) is 42.7 Å². The predicted molar refractivity (Wildman–Crippen MR) is 83.4 cm³/mol. The van der Waals surface area contributed by atoms with Crippen LogP contribution in [0.4, 0.5) is 0 Å². The van der Waals surface area contributed by atoms with Crippen molar-refractivity contribution in [3.8, 4) is 0 Å². The van der Waals surface area contributed by atoms with E-state index in [1.165, 1.54) is 10.1 Å². The van der Waals surface area contributed by atoms with Crippen LogP contribution in [0, 0.1) is 13.8 Å². The second kappa shape index (κ2) is 4.90. The Morgan fingerprint density at radius 3 is 2.62 bits per heavy atom. The molecule has 0 amide bonds. The molecule has 0 aliphatic heterocycles. The fourth-order valence-corrected chi connectivity index (χ4v) is 2.70. The molecule has 0 saturated heterocycles. The highest BCUT2D eigenvalue weighted by atomic mass is 16.4. The maximum Gasteiger partial charge on any atom is 0.419 e. The van der Waals surface area contributed by atoms with E-state index in [4.69, 9.17) is 10.2 Å². The summed E-state index contributed by atoms with van der Waals surface area (Å²) in [6, 6.07) is 11.7. The van der Waals surface area contributed by atoms with Crippen LogP contribution >= 0.6 is 0 Å². The molecule has 0 radical (unpaired) electrons. The van der Waals surface area contributed by atoms with E-state index in [2.05, 4.69) is 32.0 Å². The lowest BCUT2D eigenvalue weighted by Crippen LogP contribution is -2.13. The molecule has 0 fully saturated rings. The van der Waals surface area contributed by atoms with E-state index in [1.807, 2.05) is 18.2 Å². The Morgan fingerprint density at radius 1 is 1.14 bits per heavy atom. The summed E-state index contributed by atoms with van der Waals surface area (Å²) >= 11 is 0. The summed E-state index contributed by atoms with van der Waals surface area (Å²) in [7, 11) is 1.69. The molecule has 2 N–H and O–H groups in total. The molecule has 4 nitrogen and oxygen atoms in total. The molecule has 1 atom stereocenters. The van der Waals surface area contributed by atoms with E-state index in [0.717, 1.165) is 22.2 Å². The van der Waals surface area contributed by atoms with Crippen molar-refractivity contribution in [2.24, 2.45) is 12.8 Å². The number of nitrogens with zero attached hydrogens (tertiary/aromatic N) is 1. The molecule has 0 aliphatic rings. The van der Waals surface area contributed by atoms with Crippen LogP contribution in [0.2, 0.25) is 0 Å². The van der Waals surface area contributed by atoms with Crippen molar-refractivity contribution >= 4 is 11.1 Å². The molecule has 1 unspecified atom stereocenters. The topological polar surface area (TPSA) is 61.2 Å². The van der Waals surface area contributed by atoms with E-state index in [0.29, 0.717) is 5.58 Å². The summed E-state index contributed by atoms with van der Waals surface area (Å²) in [6.45, 7) is 4.12. The number of aromatic nitrogens is 1. The number of fused-ring (bicyclic) bond motifs is 1. The minimum Gasteiger partial charge on any atom is -0.408 e. The molecule has 21 heavy (non-hydrogen) atoms. The van der Waals surface area contributed by atoms with E-state index in [-0.39, 0.29) is 11.8 Å². The van der Waals surface area contributed by atoms with Gasteiger partial charge in [0.2, 0.25) is 0 Å². The van der Waals surface area contributed by atoms with Gasteiger partial charge in [0.1, 0.15) is 0 Å². The lowest BCUT2D eigenvalue weighted by Gasteiger charge is -2.15. The van der Waals surface area contributed by atoms with E-state index < -0.39 is 0 Å². The van der Waals surface area contributed by atoms with Crippen molar-refractivity contribution in [2.45, 2.75) is 19.9 Å². The van der Waals surface area contributed by atoms with Gasteiger partial charge in [-0.1, -0.05) is 29.8 Å². The average Bonchev–Trinajstić information content (AvgIpc) is 2.73. The molecule has 0 bridgehead atoms. The number of aryl methyl sites for hydroxylation is 3. The fraction of sp³-hybridized carbons (Fsp3) is 0.235. The van der Waals surface area contributed by atoms with Crippen LogP contribution < -0.4 is 11.5 Å². The zero-order valence-corrected chi connectivity index (χ0v) is 12.4. The predicted octanol–water partition coefficient (Wildman–Crippen LogP) is 2.80. The first-order valence-corrected chi connectivity index (χ1v) is 6.89. The smallest absolute Gasteiger partial charge is 0.408 e. The van der Waals surface area contributed by atoms with Gasteiger partial charge in [0.15, 0.2) is 5.58 Å². The first kappa shape index (κ1) is 13.6. The highest BCUT2D eigenvalue weighted by Crippen LogP contribution is 2.26. The normalized spacial score (nSPS) is 12.8. The van der Waals surface area contributed by atoms with Crippen molar-refractivity contribution in [3.63, 3.8) is 0 Å². The van der Waals surface area contributed by atoms with Gasteiger partial charge in [0.25, 0.3) is 0 Å². The van der Waals surface area contributed by atoms with Crippen LogP contribution in [0.3, 0.4) is 0 Å². The summed E-state index contributed by atoms with van der Waals surface area (Å²) in [5.74, 6) is -0.359. The molecule has 1 heterocycles. The third-order valence-corrected chi connectivity index (χ3v) is 3.94. The van der Waals surface area contributed by atoms with Crippen LogP contribution in [0.5, 0.6) is 0 Å². The Labute approximate surface area is 122 Å². The number of benzene rings is 2. The van der Waals surface area contributed by atoms with Crippen molar-refractivity contribution in [2.75, 3.05) is 0 Å². The van der Waals surface area contributed by atoms with E-state index >= 15 is 0 Å². The fourth-order valence-electron chi connectivity index (χ4n) is 2.70. The van der Waals surface area contributed by atoms with Crippen LogP contribution in [0.15, 0.2) is 45.6 Å². The third kappa shape index (κ3) is 2.28.